The van der Waals surface area contributed by atoms with Gasteiger partial charge in [0.15, 0.2) is 5.96 Å². The van der Waals surface area contributed by atoms with Crippen molar-refractivity contribution in [1.82, 2.24) is 15.5 Å². The van der Waals surface area contributed by atoms with Crippen LogP contribution in [0.2, 0.25) is 0 Å². The van der Waals surface area contributed by atoms with E-state index >= 15 is 0 Å². The third kappa shape index (κ3) is 9.75. The van der Waals surface area contributed by atoms with E-state index in [9.17, 15) is 0 Å². The second kappa shape index (κ2) is 14.3. The van der Waals surface area contributed by atoms with Crippen LogP contribution in [-0.4, -0.2) is 50.1 Å². The number of aliphatic imine (C=N–C) groups is 1. The van der Waals surface area contributed by atoms with Gasteiger partial charge in [-0.1, -0.05) is 33.6 Å². The maximum absolute atomic E-state index is 4.75. The van der Waals surface area contributed by atoms with Crippen molar-refractivity contribution in [2.75, 3.05) is 39.3 Å². The summed E-state index contributed by atoms with van der Waals surface area (Å²) >= 11 is 0. The van der Waals surface area contributed by atoms with Crippen LogP contribution in [0.15, 0.2) is 4.99 Å². The second-order valence-electron chi connectivity index (χ2n) is 6.50. The molecule has 0 aromatic heterocycles. The number of hydrogen-bond acceptors (Lipinski definition) is 2. The van der Waals surface area contributed by atoms with Crippen molar-refractivity contribution in [1.29, 1.82) is 0 Å². The summed E-state index contributed by atoms with van der Waals surface area (Å²) in [6.45, 7) is 15.6. The van der Waals surface area contributed by atoms with Crippen LogP contribution >= 0.6 is 24.0 Å². The fraction of sp³-hybridized carbons (Fsp3) is 0.944. The Morgan fingerprint density at radius 1 is 1.09 bits per heavy atom. The molecule has 4 nitrogen and oxygen atoms in total. The first kappa shape index (κ1) is 23.0. The van der Waals surface area contributed by atoms with Gasteiger partial charge in [0.25, 0.3) is 0 Å². The zero-order valence-corrected chi connectivity index (χ0v) is 18.1. The number of rotatable bonds is 9. The molecule has 1 aliphatic rings. The molecule has 1 heterocycles. The van der Waals surface area contributed by atoms with E-state index in [1.807, 2.05) is 0 Å². The Kier molecular flexibility index (Phi) is 14.3. The molecule has 0 bridgehead atoms. The Hall–Kier alpha value is -0.0400. The third-order valence-corrected chi connectivity index (χ3v) is 5.01. The maximum Gasteiger partial charge on any atom is 0.191 e. The summed E-state index contributed by atoms with van der Waals surface area (Å²) in [5.41, 5.74) is 0. The molecule has 0 unspecified atom stereocenters. The van der Waals surface area contributed by atoms with E-state index in [1.165, 1.54) is 51.7 Å². The predicted molar refractivity (Wildman–Crippen MR) is 113 cm³/mol. The van der Waals surface area contributed by atoms with Crippen LogP contribution in [-0.2, 0) is 0 Å². The van der Waals surface area contributed by atoms with Gasteiger partial charge in [-0.05, 0) is 57.7 Å². The van der Waals surface area contributed by atoms with Gasteiger partial charge in [-0.3, -0.25) is 4.99 Å². The van der Waals surface area contributed by atoms with Crippen LogP contribution in [0.1, 0.15) is 59.8 Å². The largest absolute Gasteiger partial charge is 0.357 e. The average molecular weight is 438 g/mol. The monoisotopic (exact) mass is 438 g/mol. The van der Waals surface area contributed by atoms with Crippen molar-refractivity contribution in [3.63, 3.8) is 0 Å². The molecule has 138 valence electrons. The Morgan fingerprint density at radius 2 is 1.74 bits per heavy atom. The molecule has 0 aromatic rings. The van der Waals surface area contributed by atoms with Crippen molar-refractivity contribution in [2.24, 2.45) is 16.8 Å². The van der Waals surface area contributed by atoms with Crippen molar-refractivity contribution in [3.8, 4) is 0 Å². The topological polar surface area (TPSA) is 39.7 Å². The van der Waals surface area contributed by atoms with Gasteiger partial charge in [-0.15, -0.1) is 24.0 Å². The molecular formula is C18H39IN4. The van der Waals surface area contributed by atoms with Gasteiger partial charge in [0.2, 0.25) is 0 Å². The molecule has 0 radical (unpaired) electrons. The summed E-state index contributed by atoms with van der Waals surface area (Å²) in [7, 11) is 0. The summed E-state index contributed by atoms with van der Waals surface area (Å²) in [5.74, 6) is 2.60. The first-order valence-corrected chi connectivity index (χ1v) is 9.47. The lowest BCUT2D eigenvalue weighted by atomic mass is 9.93. The van der Waals surface area contributed by atoms with Crippen LogP contribution in [0.3, 0.4) is 0 Å². The minimum Gasteiger partial charge on any atom is -0.357 e. The molecule has 0 atom stereocenters. The molecule has 0 saturated carbocycles. The van der Waals surface area contributed by atoms with Gasteiger partial charge in [0, 0.05) is 19.6 Å². The Balaban J connectivity index is 0.00000484. The number of nitrogens with zero attached hydrogens (tertiary/aromatic N) is 2. The number of guanidine groups is 1. The Morgan fingerprint density at radius 3 is 2.26 bits per heavy atom. The first-order valence-electron chi connectivity index (χ1n) is 9.47. The standard InChI is InChI=1S/C18H38N4.HI/c1-5-16(6-2)15-21-18(19-7-3)20-12-9-17-10-13-22(8-4)14-11-17;/h16-17H,5-15H2,1-4H3,(H2,19,20,21);1H. The molecular weight excluding hydrogens is 399 g/mol. The highest BCUT2D eigenvalue weighted by Gasteiger charge is 2.17. The maximum atomic E-state index is 4.75. The van der Waals surface area contributed by atoms with E-state index in [0.717, 1.165) is 31.5 Å². The molecule has 0 aliphatic carbocycles. The molecule has 0 spiro atoms. The zero-order valence-electron chi connectivity index (χ0n) is 15.7. The summed E-state index contributed by atoms with van der Waals surface area (Å²) in [6, 6.07) is 0. The van der Waals surface area contributed by atoms with Crippen LogP contribution in [0, 0.1) is 11.8 Å². The van der Waals surface area contributed by atoms with Crippen molar-refractivity contribution < 1.29 is 0 Å². The van der Waals surface area contributed by atoms with E-state index in [0.29, 0.717) is 5.92 Å². The number of halogens is 1. The van der Waals surface area contributed by atoms with Crippen LogP contribution in [0.5, 0.6) is 0 Å². The van der Waals surface area contributed by atoms with Gasteiger partial charge < -0.3 is 15.5 Å². The molecule has 5 heteroatoms. The highest BCUT2D eigenvalue weighted by atomic mass is 127. The first-order chi connectivity index (χ1) is 10.7. The van der Waals surface area contributed by atoms with Crippen LogP contribution in [0.25, 0.3) is 0 Å². The van der Waals surface area contributed by atoms with Crippen molar-refractivity contribution in [2.45, 2.75) is 59.8 Å². The van der Waals surface area contributed by atoms with E-state index in [1.54, 1.807) is 0 Å². The molecule has 2 N–H and O–H groups in total. The van der Waals surface area contributed by atoms with E-state index < -0.39 is 0 Å². The Bertz CT molecular complexity index is 297. The molecule has 1 rings (SSSR count). The molecule has 23 heavy (non-hydrogen) atoms. The van der Waals surface area contributed by atoms with Crippen molar-refractivity contribution in [3.05, 3.63) is 0 Å². The fourth-order valence-corrected chi connectivity index (χ4v) is 3.10. The number of hydrogen-bond donors (Lipinski definition) is 2. The minimum absolute atomic E-state index is 0. The summed E-state index contributed by atoms with van der Waals surface area (Å²) < 4.78 is 0. The van der Waals surface area contributed by atoms with Crippen LogP contribution < -0.4 is 10.6 Å². The van der Waals surface area contributed by atoms with Gasteiger partial charge in [-0.25, -0.2) is 0 Å². The average Bonchev–Trinajstić information content (AvgIpc) is 2.56. The SMILES string of the molecule is CCNC(=NCC(CC)CC)NCCC1CCN(CC)CC1.I. The quantitative estimate of drug-likeness (QED) is 0.328. The van der Waals surface area contributed by atoms with Crippen molar-refractivity contribution >= 4 is 29.9 Å². The summed E-state index contributed by atoms with van der Waals surface area (Å²) in [4.78, 5) is 7.31. The lowest BCUT2D eigenvalue weighted by Gasteiger charge is -2.31. The molecule has 1 fully saturated rings. The van der Waals surface area contributed by atoms with Gasteiger partial charge in [0.1, 0.15) is 0 Å². The summed E-state index contributed by atoms with van der Waals surface area (Å²) in [6.07, 6.45) is 6.42. The minimum atomic E-state index is 0. The van der Waals surface area contributed by atoms with Gasteiger partial charge in [-0.2, -0.15) is 0 Å². The molecule has 0 aromatic carbocycles. The normalized spacial score (nSPS) is 17.2. The van der Waals surface area contributed by atoms with E-state index in [4.69, 9.17) is 4.99 Å². The predicted octanol–water partition coefficient (Wildman–Crippen LogP) is 3.72. The molecule has 1 aliphatic heterocycles. The second-order valence-corrected chi connectivity index (χ2v) is 6.50. The lowest BCUT2D eigenvalue weighted by Crippen LogP contribution is -2.39. The van der Waals surface area contributed by atoms with Gasteiger partial charge >= 0.3 is 0 Å². The van der Waals surface area contributed by atoms with E-state index in [2.05, 4.69) is 43.2 Å². The number of likely N-dealkylation sites (tertiary alicyclic amines) is 1. The number of piperidine rings is 1. The highest BCUT2D eigenvalue weighted by Crippen LogP contribution is 2.19. The Labute approximate surface area is 161 Å². The lowest BCUT2D eigenvalue weighted by molar-refractivity contribution is 0.187. The third-order valence-electron chi connectivity index (χ3n) is 5.01. The summed E-state index contributed by atoms with van der Waals surface area (Å²) in [5, 5.41) is 6.89. The highest BCUT2D eigenvalue weighted by molar-refractivity contribution is 14.0. The fourth-order valence-electron chi connectivity index (χ4n) is 3.10. The van der Waals surface area contributed by atoms with Crippen LogP contribution in [0.4, 0.5) is 0 Å². The molecule has 0 amide bonds. The molecule has 1 saturated heterocycles. The zero-order chi connectivity index (χ0) is 16.2. The van der Waals surface area contributed by atoms with Gasteiger partial charge in [0.05, 0.1) is 0 Å². The van der Waals surface area contributed by atoms with E-state index in [-0.39, 0.29) is 24.0 Å². The smallest absolute Gasteiger partial charge is 0.191 e. The number of nitrogens with one attached hydrogen (secondary N) is 2.